The zero-order chi connectivity index (χ0) is 23.2. The number of nitrogens with two attached hydrogens (primary N) is 1. The molecule has 1 saturated carbocycles. The Bertz CT molecular complexity index is 1330. The molecule has 3 aromatic rings. The lowest BCUT2D eigenvalue weighted by Crippen LogP contribution is -2.31. The van der Waals surface area contributed by atoms with E-state index in [1.165, 1.54) is 10.5 Å². The Morgan fingerprint density at radius 2 is 1.88 bits per heavy atom. The van der Waals surface area contributed by atoms with Gasteiger partial charge in [0.05, 0.1) is 5.69 Å². The number of fused-ring (bicyclic) bond motifs is 1. The summed E-state index contributed by atoms with van der Waals surface area (Å²) >= 11 is 0. The number of nitrogens with one attached hydrogen (secondary N) is 1. The fourth-order valence-electron chi connectivity index (χ4n) is 4.09. The third-order valence-corrected chi connectivity index (χ3v) is 8.02. The van der Waals surface area contributed by atoms with Crippen molar-refractivity contribution in [3.63, 3.8) is 0 Å². The molecule has 2 aliphatic rings. The van der Waals surface area contributed by atoms with E-state index in [0.717, 1.165) is 41.5 Å². The Kier molecular flexibility index (Phi) is 5.38. The lowest BCUT2D eigenvalue weighted by molar-refractivity contribution is 0.0946. The molecule has 3 heterocycles. The highest BCUT2D eigenvalue weighted by Crippen LogP contribution is 2.32. The Labute approximate surface area is 192 Å². The van der Waals surface area contributed by atoms with Gasteiger partial charge in [0.25, 0.3) is 5.91 Å². The summed E-state index contributed by atoms with van der Waals surface area (Å²) in [6, 6.07) is 10.8. The zero-order valence-corrected chi connectivity index (χ0v) is 19.1. The lowest BCUT2D eigenvalue weighted by Gasteiger charge is -2.18. The fourth-order valence-corrected chi connectivity index (χ4v) is 5.28. The molecule has 3 N–H and O–H groups in total. The van der Waals surface area contributed by atoms with Crippen LogP contribution in [0.1, 0.15) is 28.8 Å². The van der Waals surface area contributed by atoms with Gasteiger partial charge in [-0.3, -0.25) is 9.78 Å². The number of hydrogen-bond donors (Lipinski definition) is 2. The van der Waals surface area contributed by atoms with Crippen LogP contribution in [0.3, 0.4) is 0 Å². The van der Waals surface area contributed by atoms with Crippen molar-refractivity contribution in [1.82, 2.24) is 19.6 Å². The van der Waals surface area contributed by atoms with Gasteiger partial charge in [0.15, 0.2) is 0 Å². The van der Waals surface area contributed by atoms with Crippen LogP contribution in [0.2, 0.25) is 0 Å². The minimum absolute atomic E-state index is 0.0651. The molecule has 1 aliphatic heterocycles. The molecule has 5 rings (SSSR count). The molecule has 0 atom stereocenters. The molecule has 0 radical (unpaired) electrons. The van der Waals surface area contributed by atoms with E-state index in [2.05, 4.69) is 15.3 Å². The molecule has 0 unspecified atom stereocenters. The molecule has 0 spiro atoms. The maximum Gasteiger partial charge on any atom is 0.251 e. The Balaban J connectivity index is 1.44. The molecule has 33 heavy (non-hydrogen) atoms. The second-order valence-electron chi connectivity index (χ2n) is 8.64. The summed E-state index contributed by atoms with van der Waals surface area (Å²) in [5.74, 6) is 0.777. The average molecular weight is 464 g/mol. The maximum atomic E-state index is 12.8. The van der Waals surface area contributed by atoms with Crippen molar-refractivity contribution in [1.29, 1.82) is 0 Å². The molecule has 1 aromatic carbocycles. The van der Waals surface area contributed by atoms with Crippen LogP contribution in [0.5, 0.6) is 0 Å². The van der Waals surface area contributed by atoms with E-state index in [9.17, 15) is 13.2 Å². The fraction of sp³-hybridized carbons (Fsp3) is 0.292. The summed E-state index contributed by atoms with van der Waals surface area (Å²) in [6.07, 6.45) is 5.94. The van der Waals surface area contributed by atoms with Crippen LogP contribution in [0.25, 0.3) is 22.4 Å². The van der Waals surface area contributed by atoms with Crippen molar-refractivity contribution in [2.75, 3.05) is 25.9 Å². The number of pyridine rings is 2. The number of aromatic nitrogens is 2. The van der Waals surface area contributed by atoms with Crippen molar-refractivity contribution >= 4 is 21.7 Å². The number of anilines is 1. The van der Waals surface area contributed by atoms with Crippen molar-refractivity contribution in [2.24, 2.45) is 5.92 Å². The van der Waals surface area contributed by atoms with E-state index in [-0.39, 0.29) is 10.8 Å². The first-order chi connectivity index (χ1) is 15.8. The summed E-state index contributed by atoms with van der Waals surface area (Å²) in [6.45, 7) is 1.15. The van der Waals surface area contributed by atoms with Gasteiger partial charge in [0.1, 0.15) is 10.7 Å². The molecule has 0 saturated heterocycles. The number of hydrogen-bond acceptors (Lipinski definition) is 6. The number of sulfonamides is 1. The first kappa shape index (κ1) is 21.5. The molecule has 8 nitrogen and oxygen atoms in total. The number of amides is 1. The topological polar surface area (TPSA) is 118 Å². The highest BCUT2D eigenvalue weighted by Gasteiger charge is 2.29. The predicted octanol–water partition coefficient (Wildman–Crippen LogP) is 2.71. The summed E-state index contributed by atoms with van der Waals surface area (Å²) in [5.41, 5.74) is 10.8. The Morgan fingerprint density at radius 3 is 2.61 bits per heavy atom. The third kappa shape index (κ3) is 4.21. The van der Waals surface area contributed by atoms with Gasteiger partial charge < -0.3 is 11.1 Å². The largest absolute Gasteiger partial charge is 0.383 e. The summed E-state index contributed by atoms with van der Waals surface area (Å²) in [4.78, 5) is 20.9. The SMILES string of the molecule is CN(CC1CC1)S(=O)(=O)c1ccc(-c2cnc(N)c(-c3ccc4c(c3)CCNC4=O)c2)nc1. The second kappa shape index (κ2) is 8.24. The van der Waals surface area contributed by atoms with Crippen LogP contribution in [-0.2, 0) is 16.4 Å². The van der Waals surface area contributed by atoms with Crippen molar-refractivity contribution < 1.29 is 13.2 Å². The number of benzene rings is 1. The van der Waals surface area contributed by atoms with Crippen molar-refractivity contribution in [2.45, 2.75) is 24.2 Å². The predicted molar refractivity (Wildman–Crippen MR) is 126 cm³/mol. The number of nitrogens with zero attached hydrogens (tertiary/aromatic N) is 3. The number of nitrogen functional groups attached to an aromatic ring is 1. The van der Waals surface area contributed by atoms with Gasteiger partial charge in [0.2, 0.25) is 10.0 Å². The molecule has 1 fully saturated rings. The maximum absolute atomic E-state index is 12.8. The molecule has 1 amide bonds. The molecular weight excluding hydrogens is 438 g/mol. The normalized spacial score (nSPS) is 15.9. The van der Waals surface area contributed by atoms with E-state index < -0.39 is 10.0 Å². The van der Waals surface area contributed by atoms with Crippen LogP contribution >= 0.6 is 0 Å². The number of carbonyl (C=O) groups is 1. The minimum Gasteiger partial charge on any atom is -0.383 e. The molecule has 2 aromatic heterocycles. The highest BCUT2D eigenvalue weighted by molar-refractivity contribution is 7.89. The van der Waals surface area contributed by atoms with Crippen LogP contribution in [0, 0.1) is 5.92 Å². The third-order valence-electron chi connectivity index (χ3n) is 6.21. The van der Waals surface area contributed by atoms with Gasteiger partial charge in [-0.15, -0.1) is 0 Å². The first-order valence-corrected chi connectivity index (χ1v) is 12.4. The van der Waals surface area contributed by atoms with E-state index >= 15 is 0 Å². The van der Waals surface area contributed by atoms with Gasteiger partial charge in [-0.1, -0.05) is 12.1 Å². The van der Waals surface area contributed by atoms with E-state index in [4.69, 9.17) is 5.73 Å². The Hall–Kier alpha value is -3.30. The Morgan fingerprint density at radius 1 is 1.06 bits per heavy atom. The minimum atomic E-state index is -3.56. The van der Waals surface area contributed by atoms with Crippen LogP contribution < -0.4 is 11.1 Å². The average Bonchev–Trinajstić information content (AvgIpc) is 3.63. The molecule has 9 heteroatoms. The number of carbonyl (C=O) groups excluding carboxylic acids is 1. The summed E-state index contributed by atoms with van der Waals surface area (Å²) < 4.78 is 27.0. The second-order valence-corrected chi connectivity index (χ2v) is 10.7. The van der Waals surface area contributed by atoms with E-state index in [0.29, 0.717) is 36.1 Å². The van der Waals surface area contributed by atoms with Crippen LogP contribution in [0.4, 0.5) is 5.82 Å². The molecule has 170 valence electrons. The zero-order valence-electron chi connectivity index (χ0n) is 18.3. The summed E-state index contributed by atoms with van der Waals surface area (Å²) in [5, 5.41) is 2.84. The van der Waals surface area contributed by atoms with Gasteiger partial charge in [-0.25, -0.2) is 17.7 Å². The van der Waals surface area contributed by atoms with Crippen LogP contribution in [-0.4, -0.2) is 48.7 Å². The quantitative estimate of drug-likeness (QED) is 0.580. The standard InChI is InChI=1S/C24H25N5O3S/c1-29(14-15-2-3-15)33(31,32)19-5-7-22(27-13-19)18-11-21(23(25)28-12-18)16-4-6-20-17(10-16)8-9-26-24(20)30/h4-7,10-13,15H,2-3,8-9,14H2,1H3,(H2,25,28)(H,26,30). The molecule has 1 aliphatic carbocycles. The lowest BCUT2D eigenvalue weighted by atomic mass is 9.94. The number of rotatable bonds is 6. The van der Waals surface area contributed by atoms with Gasteiger partial charge >= 0.3 is 0 Å². The molecular formula is C24H25N5O3S. The van der Waals surface area contributed by atoms with Gasteiger partial charge in [-0.05, 0) is 60.6 Å². The van der Waals surface area contributed by atoms with Crippen LogP contribution in [0.15, 0.2) is 53.7 Å². The van der Waals surface area contributed by atoms with Crippen molar-refractivity contribution in [3.05, 3.63) is 59.9 Å². The van der Waals surface area contributed by atoms with Gasteiger partial charge in [-0.2, -0.15) is 0 Å². The van der Waals surface area contributed by atoms with E-state index in [1.54, 1.807) is 31.4 Å². The van der Waals surface area contributed by atoms with E-state index in [1.807, 2.05) is 18.2 Å². The summed E-state index contributed by atoms with van der Waals surface area (Å²) in [7, 11) is -1.95. The highest BCUT2D eigenvalue weighted by atomic mass is 32.2. The monoisotopic (exact) mass is 463 g/mol. The van der Waals surface area contributed by atoms with Crippen molar-refractivity contribution in [3.8, 4) is 22.4 Å². The first-order valence-electron chi connectivity index (χ1n) is 10.9. The molecule has 0 bridgehead atoms. The van der Waals surface area contributed by atoms with Gasteiger partial charge in [0, 0.05) is 49.2 Å². The smallest absolute Gasteiger partial charge is 0.251 e.